The number of imide groups is 1. The monoisotopic (exact) mass is 453 g/mol. The van der Waals surface area contributed by atoms with Gasteiger partial charge >= 0.3 is 0 Å². The Morgan fingerprint density at radius 3 is 2.22 bits per heavy atom. The molecule has 10 heteroatoms. The summed E-state index contributed by atoms with van der Waals surface area (Å²) < 4.78 is 0. The molecular weight excluding hydrogens is 434 g/mol. The van der Waals surface area contributed by atoms with E-state index in [1.54, 1.807) is 17.5 Å². The topological polar surface area (TPSA) is 118 Å². The number of nitrogens with zero attached hydrogens (tertiary/aromatic N) is 3. The summed E-state index contributed by atoms with van der Waals surface area (Å²) in [5, 5.41) is 14.5. The zero-order valence-corrected chi connectivity index (χ0v) is 17.7. The molecule has 2 saturated carbocycles. The maximum absolute atomic E-state index is 13.4. The highest BCUT2D eigenvalue weighted by Crippen LogP contribution is 2.56. The third-order valence-electron chi connectivity index (χ3n) is 6.79. The predicted octanol–water partition coefficient (Wildman–Crippen LogP) is 2.93. The van der Waals surface area contributed by atoms with Crippen molar-refractivity contribution in [3.63, 3.8) is 0 Å². The number of thiophene rings is 1. The molecule has 2 heterocycles. The van der Waals surface area contributed by atoms with E-state index in [1.165, 1.54) is 35.6 Å². The minimum absolute atomic E-state index is 0.0511. The van der Waals surface area contributed by atoms with Gasteiger partial charge in [0.15, 0.2) is 5.78 Å². The number of amides is 3. The van der Waals surface area contributed by atoms with E-state index >= 15 is 0 Å². The van der Waals surface area contributed by atoms with Crippen molar-refractivity contribution in [2.45, 2.75) is 19.3 Å². The number of carbonyl (C=O) groups is 4. The third kappa shape index (κ3) is 3.13. The van der Waals surface area contributed by atoms with Crippen LogP contribution in [0, 0.1) is 33.8 Å². The van der Waals surface area contributed by atoms with Crippen molar-refractivity contribution >= 4 is 40.5 Å². The van der Waals surface area contributed by atoms with E-state index in [0.717, 1.165) is 29.3 Å². The lowest BCUT2D eigenvalue weighted by Gasteiger charge is -2.30. The number of Topliss-reactive ketones (excluding diaryl/α,β-unsaturated/α-hetero) is 1. The summed E-state index contributed by atoms with van der Waals surface area (Å²) in [6.07, 6.45) is 2.64. The summed E-state index contributed by atoms with van der Waals surface area (Å²) in [5.74, 6) is -2.58. The molecule has 4 atom stereocenters. The van der Waals surface area contributed by atoms with Gasteiger partial charge in [0, 0.05) is 17.7 Å². The minimum atomic E-state index is -0.723. The number of hydrogen-bond donors (Lipinski definition) is 0. The van der Waals surface area contributed by atoms with Gasteiger partial charge in [-0.25, -0.2) is 5.01 Å². The van der Waals surface area contributed by atoms with Crippen molar-refractivity contribution < 1.29 is 24.1 Å². The van der Waals surface area contributed by atoms with Gasteiger partial charge in [0.05, 0.1) is 21.6 Å². The number of ketones is 1. The van der Waals surface area contributed by atoms with Crippen LogP contribution >= 0.6 is 11.3 Å². The molecule has 9 nitrogen and oxygen atoms in total. The Morgan fingerprint density at radius 2 is 1.69 bits per heavy atom. The SMILES string of the molecule is O=C(CN(C(=O)c1ccc([N+](=O)[O-])cc1)N1C(=O)[C@H]2[C@H]3CC[C@@H](C3)[C@@H]2C1=O)c1cccs1. The van der Waals surface area contributed by atoms with Crippen molar-refractivity contribution in [2.24, 2.45) is 23.7 Å². The molecule has 164 valence electrons. The normalized spacial score (nSPS) is 25.8. The fourth-order valence-corrected chi connectivity index (χ4v) is 6.05. The van der Waals surface area contributed by atoms with Crippen LogP contribution in [-0.4, -0.2) is 45.0 Å². The molecule has 2 bridgehead atoms. The highest BCUT2D eigenvalue weighted by Gasteiger charge is 2.62. The van der Waals surface area contributed by atoms with E-state index in [4.69, 9.17) is 0 Å². The van der Waals surface area contributed by atoms with Crippen LogP contribution in [0.25, 0.3) is 0 Å². The number of benzene rings is 1. The van der Waals surface area contributed by atoms with Crippen molar-refractivity contribution in [2.75, 3.05) is 6.54 Å². The van der Waals surface area contributed by atoms with Gasteiger partial charge in [-0.15, -0.1) is 11.3 Å². The second kappa shape index (κ2) is 7.63. The molecule has 5 rings (SSSR count). The molecule has 1 aliphatic heterocycles. The molecule has 3 amide bonds. The first-order chi connectivity index (χ1) is 15.4. The average molecular weight is 453 g/mol. The van der Waals surface area contributed by atoms with Crippen LogP contribution in [0.15, 0.2) is 41.8 Å². The maximum Gasteiger partial charge on any atom is 0.273 e. The number of carbonyl (C=O) groups excluding carboxylic acids is 4. The van der Waals surface area contributed by atoms with Crippen molar-refractivity contribution in [3.05, 3.63) is 62.3 Å². The summed E-state index contributed by atoms with van der Waals surface area (Å²) in [5.41, 5.74) is -0.141. The first kappa shape index (κ1) is 20.5. The molecule has 1 aromatic heterocycles. The van der Waals surface area contributed by atoms with E-state index in [1.807, 2.05) is 0 Å². The molecule has 0 radical (unpaired) electrons. The van der Waals surface area contributed by atoms with E-state index in [2.05, 4.69) is 0 Å². The van der Waals surface area contributed by atoms with E-state index in [9.17, 15) is 29.3 Å². The number of fused-ring (bicyclic) bond motifs is 5. The van der Waals surface area contributed by atoms with Crippen LogP contribution in [0.2, 0.25) is 0 Å². The molecule has 2 aliphatic carbocycles. The quantitative estimate of drug-likeness (QED) is 0.287. The Bertz CT molecular complexity index is 1100. The second-order valence-electron chi connectivity index (χ2n) is 8.44. The number of nitro groups is 1. The van der Waals surface area contributed by atoms with Gasteiger partial charge in [0.1, 0.15) is 6.54 Å². The lowest BCUT2D eigenvalue weighted by molar-refractivity contribution is -0.384. The zero-order valence-electron chi connectivity index (χ0n) is 16.9. The van der Waals surface area contributed by atoms with Gasteiger partial charge in [-0.1, -0.05) is 6.07 Å². The molecule has 0 unspecified atom stereocenters. The molecule has 1 aromatic carbocycles. The highest BCUT2D eigenvalue weighted by atomic mass is 32.1. The zero-order chi connectivity index (χ0) is 22.6. The van der Waals surface area contributed by atoms with Gasteiger partial charge < -0.3 is 0 Å². The lowest BCUT2D eigenvalue weighted by Crippen LogP contribution is -2.52. The van der Waals surface area contributed by atoms with Gasteiger partial charge in [-0.3, -0.25) is 29.3 Å². The summed E-state index contributed by atoms with van der Waals surface area (Å²) in [6, 6.07) is 8.19. The number of nitro benzene ring substituents is 1. The first-order valence-corrected chi connectivity index (χ1v) is 11.3. The van der Waals surface area contributed by atoms with Crippen molar-refractivity contribution in [1.29, 1.82) is 0 Å². The maximum atomic E-state index is 13.4. The predicted molar refractivity (Wildman–Crippen MR) is 112 cm³/mol. The molecule has 3 aliphatic rings. The largest absolute Gasteiger partial charge is 0.291 e. The van der Waals surface area contributed by atoms with Gasteiger partial charge in [-0.05, 0) is 54.7 Å². The molecule has 32 heavy (non-hydrogen) atoms. The second-order valence-corrected chi connectivity index (χ2v) is 9.39. The lowest BCUT2D eigenvalue weighted by atomic mass is 9.81. The van der Waals surface area contributed by atoms with E-state index in [-0.39, 0.29) is 23.1 Å². The molecule has 0 N–H and O–H groups in total. The van der Waals surface area contributed by atoms with Crippen LogP contribution in [0.4, 0.5) is 5.69 Å². The highest BCUT2D eigenvalue weighted by molar-refractivity contribution is 7.12. The van der Waals surface area contributed by atoms with Crippen LogP contribution in [-0.2, 0) is 9.59 Å². The fourth-order valence-electron chi connectivity index (χ4n) is 5.39. The number of non-ortho nitro benzene ring substituents is 1. The van der Waals surface area contributed by atoms with Crippen LogP contribution in [0.3, 0.4) is 0 Å². The Kier molecular flexibility index (Phi) is 4.89. The van der Waals surface area contributed by atoms with Crippen molar-refractivity contribution in [3.8, 4) is 0 Å². The number of hydrogen-bond acceptors (Lipinski definition) is 7. The Hall–Kier alpha value is -3.40. The Balaban J connectivity index is 1.49. The Labute approximate surface area is 186 Å². The third-order valence-corrected chi connectivity index (χ3v) is 7.71. The summed E-state index contributed by atoms with van der Waals surface area (Å²) >= 11 is 1.21. The summed E-state index contributed by atoms with van der Waals surface area (Å²) in [4.78, 5) is 63.5. The number of rotatable bonds is 6. The fraction of sp³-hybridized carbons (Fsp3) is 0.364. The van der Waals surface area contributed by atoms with Crippen LogP contribution in [0.1, 0.15) is 39.3 Å². The molecule has 1 saturated heterocycles. The summed E-state index contributed by atoms with van der Waals surface area (Å²) in [7, 11) is 0. The summed E-state index contributed by atoms with van der Waals surface area (Å²) in [6.45, 7) is -0.470. The van der Waals surface area contributed by atoms with E-state index < -0.39 is 46.8 Å². The number of hydrazine groups is 1. The molecular formula is C22H19N3O6S. The van der Waals surface area contributed by atoms with Gasteiger partial charge in [0.25, 0.3) is 23.4 Å². The standard InChI is InChI=1S/C22H19N3O6S/c26-16(17-2-1-9-32-17)11-23(20(27)12-5-7-15(8-6-12)25(30)31)24-21(28)18-13-3-4-14(10-13)19(18)22(24)29/h1-2,5-9,13-14,18-19H,3-4,10-11H2/t13-,14-,18-,19-/m0/s1. The minimum Gasteiger partial charge on any atom is -0.291 e. The van der Waals surface area contributed by atoms with Crippen molar-refractivity contribution in [1.82, 2.24) is 10.0 Å². The Morgan fingerprint density at radius 1 is 1.06 bits per heavy atom. The molecule has 0 spiro atoms. The molecule has 2 aromatic rings. The smallest absolute Gasteiger partial charge is 0.273 e. The van der Waals surface area contributed by atoms with Crippen LogP contribution < -0.4 is 0 Å². The molecule has 3 fully saturated rings. The van der Waals surface area contributed by atoms with Crippen LogP contribution in [0.5, 0.6) is 0 Å². The first-order valence-electron chi connectivity index (χ1n) is 10.4. The van der Waals surface area contributed by atoms with Gasteiger partial charge in [-0.2, -0.15) is 5.01 Å². The van der Waals surface area contributed by atoms with Gasteiger partial charge in [0.2, 0.25) is 0 Å². The van der Waals surface area contributed by atoms with E-state index in [0.29, 0.717) is 4.88 Å². The average Bonchev–Trinajstić information content (AvgIpc) is 3.57.